The van der Waals surface area contributed by atoms with Crippen LogP contribution in [0.5, 0.6) is 0 Å². The van der Waals surface area contributed by atoms with Gasteiger partial charge in [0.25, 0.3) is 0 Å². The van der Waals surface area contributed by atoms with E-state index in [-0.39, 0.29) is 24.1 Å². The smallest absolute Gasteiger partial charge is 0.306 e. The Morgan fingerprint density at radius 3 is 1.88 bits per heavy atom. The van der Waals surface area contributed by atoms with Gasteiger partial charge < -0.3 is 14.4 Å². The summed E-state index contributed by atoms with van der Waals surface area (Å²) in [6.45, 7) is 22.3. The second-order valence-electron chi connectivity index (χ2n) is 23.7. The SMILES string of the molecule is C=C1CCC(OC(=O)CCCCCC(CCCCCCC(=O)OC(CCCCCCCC)CCCCCCCC)CC[NH+](C)C)C/C1=C/C=C1\CCCC2(C)C1CCC2C(C)/C=C/C(C)C(C)C. The molecule has 1 N–H and O–H groups in total. The Morgan fingerprint density at radius 2 is 1.26 bits per heavy atom. The van der Waals surface area contributed by atoms with Crippen LogP contribution in [0.4, 0.5) is 0 Å². The Kier molecular flexibility index (Phi) is 31.0. The van der Waals surface area contributed by atoms with Gasteiger partial charge in [-0.1, -0.05) is 200 Å². The van der Waals surface area contributed by atoms with Gasteiger partial charge in [0, 0.05) is 19.3 Å². The Hall–Kier alpha value is -2.14. The Labute approximate surface area is 422 Å². The molecule has 0 aromatic carbocycles. The molecule has 0 amide bonds. The number of rotatable bonds is 37. The lowest BCUT2D eigenvalue weighted by Crippen LogP contribution is -3.05. The molecule has 0 saturated heterocycles. The van der Waals surface area contributed by atoms with Gasteiger partial charge in [-0.25, -0.2) is 0 Å². The molecule has 0 aromatic rings. The number of nitrogens with one attached hydrogen (secondary N) is 1. The van der Waals surface area contributed by atoms with E-state index in [1.165, 1.54) is 170 Å². The Bertz CT molecular complexity index is 1460. The summed E-state index contributed by atoms with van der Waals surface area (Å²) in [6, 6.07) is 0. The van der Waals surface area contributed by atoms with E-state index in [0.717, 1.165) is 69.6 Å². The molecule has 0 bridgehead atoms. The van der Waals surface area contributed by atoms with Crippen LogP contribution < -0.4 is 4.90 Å². The molecule has 3 fully saturated rings. The number of unbranched alkanes of at least 4 members (excludes halogenated alkanes) is 15. The highest BCUT2D eigenvalue weighted by molar-refractivity contribution is 5.70. The third-order valence-corrected chi connectivity index (χ3v) is 17.3. The minimum absolute atomic E-state index is 0.0195. The van der Waals surface area contributed by atoms with E-state index < -0.39 is 0 Å². The van der Waals surface area contributed by atoms with Crippen molar-refractivity contribution < 1.29 is 24.0 Å². The topological polar surface area (TPSA) is 57.0 Å². The lowest BCUT2D eigenvalue weighted by Gasteiger charge is -2.44. The van der Waals surface area contributed by atoms with E-state index in [1.54, 1.807) is 5.57 Å². The largest absolute Gasteiger partial charge is 0.462 e. The van der Waals surface area contributed by atoms with Gasteiger partial charge in [-0.3, -0.25) is 9.59 Å². The Balaban J connectivity index is 1.35. The van der Waals surface area contributed by atoms with Crippen LogP contribution in [0.1, 0.15) is 267 Å². The highest BCUT2D eigenvalue weighted by atomic mass is 16.5. The fraction of sp³-hybridized carbons (Fsp3) is 0.841. The molecule has 7 atom stereocenters. The molecule has 0 radical (unpaired) electrons. The van der Waals surface area contributed by atoms with Crippen molar-refractivity contribution in [1.29, 1.82) is 0 Å². The highest BCUT2D eigenvalue weighted by Gasteiger charge is 2.50. The molecule has 68 heavy (non-hydrogen) atoms. The maximum Gasteiger partial charge on any atom is 0.306 e. The fourth-order valence-electron chi connectivity index (χ4n) is 12.2. The zero-order valence-electron chi connectivity index (χ0n) is 46.5. The molecular weight excluding hydrogens is 835 g/mol. The Morgan fingerprint density at radius 1 is 0.691 bits per heavy atom. The summed E-state index contributed by atoms with van der Waals surface area (Å²) in [6.07, 6.45) is 49.1. The monoisotopic (exact) mass is 947 g/mol. The van der Waals surface area contributed by atoms with Crippen LogP contribution in [0.25, 0.3) is 0 Å². The van der Waals surface area contributed by atoms with Gasteiger partial charge in [0.15, 0.2) is 0 Å². The number of carbonyl (C=O) groups excluding carboxylic acids is 2. The molecular formula is C63H112NO4+. The first kappa shape index (κ1) is 60.2. The zero-order valence-corrected chi connectivity index (χ0v) is 46.5. The van der Waals surface area contributed by atoms with Crippen molar-refractivity contribution in [1.82, 2.24) is 0 Å². The predicted octanol–water partition coefficient (Wildman–Crippen LogP) is 17.0. The summed E-state index contributed by atoms with van der Waals surface area (Å²) < 4.78 is 12.2. The van der Waals surface area contributed by atoms with Crippen molar-refractivity contribution >= 4 is 11.9 Å². The maximum absolute atomic E-state index is 13.1. The molecule has 0 heterocycles. The molecule has 3 aliphatic carbocycles. The van der Waals surface area contributed by atoms with E-state index in [9.17, 15) is 9.59 Å². The number of esters is 2. The minimum Gasteiger partial charge on any atom is -0.462 e. The molecule has 0 spiro atoms. The summed E-state index contributed by atoms with van der Waals surface area (Å²) in [5.41, 5.74) is 4.54. The molecule has 392 valence electrons. The first-order chi connectivity index (χ1) is 32.8. The van der Waals surface area contributed by atoms with Crippen LogP contribution in [0.3, 0.4) is 0 Å². The molecule has 3 saturated carbocycles. The van der Waals surface area contributed by atoms with Crippen LogP contribution in [-0.4, -0.2) is 44.8 Å². The molecule has 0 aliphatic heterocycles. The molecule has 3 rings (SSSR count). The molecule has 3 aliphatic rings. The van der Waals surface area contributed by atoms with Crippen LogP contribution in [0.2, 0.25) is 0 Å². The van der Waals surface area contributed by atoms with Crippen molar-refractivity contribution in [2.24, 2.45) is 40.9 Å². The average molecular weight is 948 g/mol. The van der Waals surface area contributed by atoms with E-state index in [2.05, 4.69) is 93.4 Å². The van der Waals surface area contributed by atoms with Crippen molar-refractivity contribution in [2.45, 2.75) is 279 Å². The zero-order chi connectivity index (χ0) is 49.6. The average Bonchev–Trinajstić information content (AvgIpc) is 3.67. The first-order valence-electron chi connectivity index (χ1n) is 29.7. The normalized spacial score (nSPS) is 23.6. The summed E-state index contributed by atoms with van der Waals surface area (Å²) >= 11 is 0. The third kappa shape index (κ3) is 23.8. The maximum atomic E-state index is 13.1. The van der Waals surface area contributed by atoms with Gasteiger partial charge >= 0.3 is 11.9 Å². The quantitative estimate of drug-likeness (QED) is 0.0383. The van der Waals surface area contributed by atoms with E-state index >= 15 is 0 Å². The van der Waals surface area contributed by atoms with Crippen molar-refractivity contribution in [3.8, 4) is 0 Å². The van der Waals surface area contributed by atoms with Gasteiger partial charge in [-0.15, -0.1) is 0 Å². The molecule has 5 nitrogen and oxygen atoms in total. The first-order valence-corrected chi connectivity index (χ1v) is 29.7. The van der Waals surface area contributed by atoms with E-state index in [0.29, 0.717) is 41.9 Å². The van der Waals surface area contributed by atoms with Crippen LogP contribution in [0, 0.1) is 40.9 Å². The number of hydrogen-bond acceptors (Lipinski definition) is 4. The van der Waals surface area contributed by atoms with Gasteiger partial charge in [-0.2, -0.15) is 0 Å². The summed E-state index contributed by atoms with van der Waals surface area (Å²) in [4.78, 5) is 27.6. The summed E-state index contributed by atoms with van der Waals surface area (Å²) in [7, 11) is 4.52. The van der Waals surface area contributed by atoms with Crippen LogP contribution >= 0.6 is 0 Å². The highest BCUT2D eigenvalue weighted by Crippen LogP contribution is 2.59. The second kappa shape index (κ2) is 35.1. The summed E-state index contributed by atoms with van der Waals surface area (Å²) in [5.74, 6) is 4.13. The van der Waals surface area contributed by atoms with Crippen molar-refractivity contribution in [3.05, 3.63) is 47.6 Å². The number of hydrogen-bond donors (Lipinski definition) is 1. The van der Waals surface area contributed by atoms with Crippen LogP contribution in [0.15, 0.2) is 47.6 Å². The number of quaternary nitrogens is 1. The second-order valence-corrected chi connectivity index (χ2v) is 23.7. The number of ether oxygens (including phenoxy) is 2. The lowest BCUT2D eigenvalue weighted by molar-refractivity contribution is -0.858. The van der Waals surface area contributed by atoms with Crippen molar-refractivity contribution in [3.63, 3.8) is 0 Å². The minimum atomic E-state index is -0.0312. The number of carbonyl (C=O) groups is 2. The van der Waals surface area contributed by atoms with E-state index in [1.807, 2.05) is 0 Å². The third-order valence-electron chi connectivity index (χ3n) is 17.3. The molecule has 0 aromatic heterocycles. The number of allylic oxidation sites excluding steroid dienone is 6. The predicted molar refractivity (Wildman–Crippen MR) is 292 cm³/mol. The lowest BCUT2D eigenvalue weighted by atomic mass is 9.61. The van der Waals surface area contributed by atoms with E-state index in [4.69, 9.17) is 9.47 Å². The fourth-order valence-corrected chi connectivity index (χ4v) is 12.2. The van der Waals surface area contributed by atoms with Gasteiger partial charge in [0.2, 0.25) is 0 Å². The van der Waals surface area contributed by atoms with Gasteiger partial charge in [-0.05, 0) is 136 Å². The molecule has 5 heteroatoms. The van der Waals surface area contributed by atoms with Crippen LogP contribution in [-0.2, 0) is 19.1 Å². The standard InChI is InChI=1S/C63H111NO4/c1-11-13-15-17-19-26-34-57(35-27-20-18-16-14-12-2)67-61(65)36-28-22-21-24-31-54(46-48-64(9)10)32-25-23-29-37-62(66)68-58-43-40-52(6)56(49-58)42-41-55-33-30-47-63(8)59(44-45-60(55)63)53(7)39-38-51(5)50(3)4/h38-39,41-42,50-51,53-54,57-60H,6,11-37,40,43-49H2,1-5,7-10H3/p+1/b39-38+,55-41+,56-42-. The number of fused-ring (bicyclic) bond motifs is 1. The van der Waals surface area contributed by atoms with Gasteiger partial charge in [0.05, 0.1) is 20.6 Å². The summed E-state index contributed by atoms with van der Waals surface area (Å²) in [5, 5.41) is 0. The van der Waals surface area contributed by atoms with Crippen molar-refractivity contribution in [2.75, 3.05) is 20.6 Å². The molecule has 7 unspecified atom stereocenters. The van der Waals surface area contributed by atoms with Gasteiger partial charge in [0.1, 0.15) is 12.2 Å².